The third-order valence-electron chi connectivity index (χ3n) is 5.17. The number of aromatic nitrogens is 3. The van der Waals surface area contributed by atoms with Crippen LogP contribution in [0.2, 0.25) is 0 Å². The first-order valence-corrected chi connectivity index (χ1v) is 9.65. The summed E-state index contributed by atoms with van der Waals surface area (Å²) in [7, 11) is 1.38. The van der Waals surface area contributed by atoms with E-state index >= 15 is 0 Å². The van der Waals surface area contributed by atoms with Crippen molar-refractivity contribution in [3.63, 3.8) is 0 Å². The van der Waals surface area contributed by atoms with Crippen molar-refractivity contribution < 1.29 is 9.53 Å². The SMILES string of the molecule is COC(=O)c1ccc2c(-c3nc(-c4ccccc4)c(-c4ccccc4)[nH]3)c[nH]c2c1. The van der Waals surface area contributed by atoms with Crippen LogP contribution in [-0.2, 0) is 4.74 Å². The molecule has 5 heteroatoms. The standard InChI is InChI=1S/C25H19N3O2/c1-30-25(29)18-12-13-19-20(15-26-21(19)14-18)24-27-22(16-8-4-2-5-9-16)23(28-24)17-10-6-3-7-11-17/h2-15,26H,1H3,(H,27,28). The number of nitrogens with zero attached hydrogens (tertiary/aromatic N) is 1. The lowest BCUT2D eigenvalue weighted by molar-refractivity contribution is 0.0601. The molecule has 0 radical (unpaired) electrons. The Labute approximate surface area is 173 Å². The third kappa shape index (κ3) is 3.06. The molecule has 0 spiro atoms. The van der Waals surface area contributed by atoms with E-state index in [0.29, 0.717) is 5.56 Å². The number of carbonyl (C=O) groups excluding carboxylic acids is 1. The Kier molecular flexibility index (Phi) is 4.41. The smallest absolute Gasteiger partial charge is 0.337 e. The van der Waals surface area contributed by atoms with Gasteiger partial charge in [0.25, 0.3) is 0 Å². The summed E-state index contributed by atoms with van der Waals surface area (Å²) in [6, 6.07) is 25.8. The summed E-state index contributed by atoms with van der Waals surface area (Å²) in [5, 5.41) is 0.982. The van der Waals surface area contributed by atoms with Crippen LogP contribution in [0.15, 0.2) is 85.1 Å². The molecule has 0 fully saturated rings. The van der Waals surface area contributed by atoms with Gasteiger partial charge in [0.1, 0.15) is 5.82 Å². The molecule has 0 bridgehead atoms. The Bertz CT molecular complexity index is 1280. The summed E-state index contributed by atoms with van der Waals surface area (Å²) in [5.41, 5.74) is 6.30. The third-order valence-corrected chi connectivity index (χ3v) is 5.17. The van der Waals surface area contributed by atoms with Crippen molar-refractivity contribution in [3.8, 4) is 33.9 Å². The highest BCUT2D eigenvalue weighted by Crippen LogP contribution is 2.35. The molecule has 0 unspecified atom stereocenters. The normalized spacial score (nSPS) is 11.0. The number of benzene rings is 3. The topological polar surface area (TPSA) is 70.8 Å². The van der Waals surface area contributed by atoms with Crippen molar-refractivity contribution in [2.24, 2.45) is 0 Å². The van der Waals surface area contributed by atoms with Gasteiger partial charge in [0.15, 0.2) is 0 Å². The number of fused-ring (bicyclic) bond motifs is 1. The number of ether oxygens (including phenoxy) is 1. The first-order valence-electron chi connectivity index (χ1n) is 9.65. The lowest BCUT2D eigenvalue weighted by Gasteiger charge is -2.02. The molecule has 0 saturated heterocycles. The van der Waals surface area contributed by atoms with Gasteiger partial charge in [-0.05, 0) is 12.1 Å². The molecular formula is C25H19N3O2. The van der Waals surface area contributed by atoms with E-state index in [9.17, 15) is 4.79 Å². The molecule has 30 heavy (non-hydrogen) atoms. The van der Waals surface area contributed by atoms with Gasteiger partial charge in [0.2, 0.25) is 0 Å². The van der Waals surface area contributed by atoms with Crippen molar-refractivity contribution in [1.82, 2.24) is 15.0 Å². The van der Waals surface area contributed by atoms with E-state index in [-0.39, 0.29) is 5.97 Å². The summed E-state index contributed by atoms with van der Waals surface area (Å²) in [5.74, 6) is 0.411. The van der Waals surface area contributed by atoms with Crippen LogP contribution in [0.1, 0.15) is 10.4 Å². The van der Waals surface area contributed by atoms with Crippen LogP contribution in [0.25, 0.3) is 44.8 Å². The number of rotatable bonds is 4. The minimum atomic E-state index is -0.358. The highest BCUT2D eigenvalue weighted by molar-refractivity contribution is 6.00. The van der Waals surface area contributed by atoms with Gasteiger partial charge < -0.3 is 14.7 Å². The second-order valence-electron chi connectivity index (χ2n) is 7.00. The Hall–Kier alpha value is -4.12. The van der Waals surface area contributed by atoms with Crippen LogP contribution in [0.3, 0.4) is 0 Å². The van der Waals surface area contributed by atoms with Crippen LogP contribution < -0.4 is 0 Å². The molecule has 0 saturated carbocycles. The lowest BCUT2D eigenvalue weighted by Crippen LogP contribution is -2.00. The molecule has 2 heterocycles. The van der Waals surface area contributed by atoms with Gasteiger partial charge in [-0.1, -0.05) is 66.7 Å². The number of methoxy groups -OCH3 is 1. The molecule has 146 valence electrons. The number of imidazole rings is 1. The predicted molar refractivity (Wildman–Crippen MR) is 118 cm³/mol. The molecule has 0 aliphatic rings. The molecule has 0 amide bonds. The van der Waals surface area contributed by atoms with E-state index in [1.807, 2.05) is 48.7 Å². The number of carbonyl (C=O) groups is 1. The zero-order valence-corrected chi connectivity index (χ0v) is 16.3. The quantitative estimate of drug-likeness (QED) is 0.386. The van der Waals surface area contributed by atoms with E-state index in [2.05, 4.69) is 34.2 Å². The van der Waals surface area contributed by atoms with Crippen LogP contribution in [-0.4, -0.2) is 28.0 Å². The Morgan fingerprint density at radius 3 is 2.30 bits per heavy atom. The largest absolute Gasteiger partial charge is 0.465 e. The average Bonchev–Trinajstić information content (AvgIpc) is 3.43. The first-order chi connectivity index (χ1) is 14.7. The van der Waals surface area contributed by atoms with E-state index in [1.54, 1.807) is 12.1 Å². The van der Waals surface area contributed by atoms with E-state index in [4.69, 9.17) is 9.72 Å². The predicted octanol–water partition coefficient (Wildman–Crippen LogP) is 5.68. The van der Waals surface area contributed by atoms with Gasteiger partial charge in [-0.15, -0.1) is 0 Å². The van der Waals surface area contributed by atoms with Crippen molar-refractivity contribution >= 4 is 16.9 Å². The molecule has 3 aromatic carbocycles. The zero-order valence-electron chi connectivity index (χ0n) is 16.3. The molecule has 0 atom stereocenters. The highest BCUT2D eigenvalue weighted by Gasteiger charge is 2.18. The number of hydrogen-bond acceptors (Lipinski definition) is 3. The molecule has 0 aliphatic carbocycles. The van der Waals surface area contributed by atoms with Gasteiger partial charge in [-0.3, -0.25) is 0 Å². The van der Waals surface area contributed by atoms with E-state index < -0.39 is 0 Å². The monoisotopic (exact) mass is 393 g/mol. The van der Waals surface area contributed by atoms with Crippen LogP contribution in [0.4, 0.5) is 0 Å². The zero-order chi connectivity index (χ0) is 20.5. The van der Waals surface area contributed by atoms with Gasteiger partial charge in [-0.25, -0.2) is 9.78 Å². The summed E-state index contributed by atoms with van der Waals surface area (Å²) in [6.07, 6.45) is 1.91. The number of nitrogens with one attached hydrogen (secondary N) is 2. The maximum Gasteiger partial charge on any atom is 0.337 e. The second-order valence-corrected chi connectivity index (χ2v) is 7.00. The van der Waals surface area contributed by atoms with Crippen molar-refractivity contribution in [3.05, 3.63) is 90.6 Å². The molecule has 0 aliphatic heterocycles. The van der Waals surface area contributed by atoms with Crippen LogP contribution in [0.5, 0.6) is 0 Å². The van der Waals surface area contributed by atoms with Crippen LogP contribution >= 0.6 is 0 Å². The van der Waals surface area contributed by atoms with Crippen LogP contribution in [0, 0.1) is 0 Å². The molecule has 5 rings (SSSR count). The van der Waals surface area contributed by atoms with Crippen molar-refractivity contribution in [2.75, 3.05) is 7.11 Å². The Morgan fingerprint density at radius 1 is 0.900 bits per heavy atom. The van der Waals surface area contributed by atoms with Crippen molar-refractivity contribution in [1.29, 1.82) is 0 Å². The fourth-order valence-electron chi connectivity index (χ4n) is 3.69. The fourth-order valence-corrected chi connectivity index (χ4v) is 3.69. The average molecular weight is 393 g/mol. The summed E-state index contributed by atoms with van der Waals surface area (Å²) < 4.78 is 4.82. The van der Waals surface area contributed by atoms with Crippen molar-refractivity contribution in [2.45, 2.75) is 0 Å². The Balaban J connectivity index is 1.67. The lowest BCUT2D eigenvalue weighted by atomic mass is 10.1. The maximum atomic E-state index is 11.8. The molecule has 5 aromatic rings. The minimum absolute atomic E-state index is 0.358. The number of hydrogen-bond donors (Lipinski definition) is 2. The second kappa shape index (κ2) is 7.37. The summed E-state index contributed by atoms with van der Waals surface area (Å²) in [6.45, 7) is 0. The van der Waals surface area contributed by atoms with Gasteiger partial charge in [0, 0.05) is 33.8 Å². The minimum Gasteiger partial charge on any atom is -0.465 e. The summed E-state index contributed by atoms with van der Waals surface area (Å²) in [4.78, 5) is 23.6. The molecule has 2 aromatic heterocycles. The number of aromatic amines is 2. The number of H-pyrrole nitrogens is 2. The number of esters is 1. The van der Waals surface area contributed by atoms with Gasteiger partial charge >= 0.3 is 5.97 Å². The maximum absolute atomic E-state index is 11.8. The molecular weight excluding hydrogens is 374 g/mol. The van der Waals surface area contributed by atoms with Gasteiger partial charge in [0.05, 0.1) is 24.1 Å². The fraction of sp³-hybridized carbons (Fsp3) is 0.0400. The van der Waals surface area contributed by atoms with E-state index in [1.165, 1.54) is 7.11 Å². The van der Waals surface area contributed by atoms with Gasteiger partial charge in [-0.2, -0.15) is 0 Å². The Morgan fingerprint density at radius 2 is 1.60 bits per heavy atom. The summed E-state index contributed by atoms with van der Waals surface area (Å²) >= 11 is 0. The highest BCUT2D eigenvalue weighted by atomic mass is 16.5. The first kappa shape index (κ1) is 17.9. The molecule has 2 N–H and O–H groups in total. The van der Waals surface area contributed by atoms with E-state index in [0.717, 1.165) is 44.8 Å². The molecule has 5 nitrogen and oxygen atoms in total.